The van der Waals surface area contributed by atoms with Crippen LogP contribution in [0.1, 0.15) is 20.8 Å². The van der Waals surface area contributed by atoms with Crippen molar-refractivity contribution in [3.63, 3.8) is 0 Å². The van der Waals surface area contributed by atoms with Crippen molar-refractivity contribution in [1.29, 1.82) is 0 Å². The first kappa shape index (κ1) is 21.3. The van der Waals surface area contributed by atoms with Gasteiger partial charge in [0.1, 0.15) is 10.7 Å². The molecule has 0 bridgehead atoms. The number of thiazole rings is 1. The number of anilines is 2. The largest absolute Gasteiger partial charge is 0.322 e. The summed E-state index contributed by atoms with van der Waals surface area (Å²) in [5.41, 5.74) is 3.79. The van der Waals surface area contributed by atoms with E-state index in [2.05, 4.69) is 20.7 Å². The minimum Gasteiger partial charge on any atom is -0.322 e. The number of rotatable bonds is 6. The Hall–Kier alpha value is -4.56. The number of amides is 2. The van der Waals surface area contributed by atoms with Crippen LogP contribution >= 0.6 is 11.3 Å². The van der Waals surface area contributed by atoms with E-state index < -0.39 is 0 Å². The Bertz CT molecular complexity index is 1440. The second kappa shape index (κ2) is 9.51. The molecule has 7 nitrogen and oxygen atoms in total. The van der Waals surface area contributed by atoms with Gasteiger partial charge in [-0.15, -0.1) is 11.3 Å². The van der Waals surface area contributed by atoms with Crippen molar-refractivity contribution < 1.29 is 9.59 Å². The van der Waals surface area contributed by atoms with Gasteiger partial charge >= 0.3 is 0 Å². The number of hydrogen-bond acceptors (Lipinski definition) is 5. The number of carbonyl (C=O) groups excluding carboxylic acids is 2. The van der Waals surface area contributed by atoms with Crippen molar-refractivity contribution in [2.24, 2.45) is 0 Å². The van der Waals surface area contributed by atoms with E-state index in [-0.39, 0.29) is 11.8 Å². The average Bonchev–Trinajstić information content (AvgIpc) is 3.56. The molecule has 0 atom stereocenters. The van der Waals surface area contributed by atoms with Crippen LogP contribution in [0.4, 0.5) is 11.4 Å². The van der Waals surface area contributed by atoms with E-state index in [1.165, 1.54) is 11.3 Å². The van der Waals surface area contributed by atoms with Crippen LogP contribution in [0.25, 0.3) is 16.3 Å². The molecule has 0 saturated carbocycles. The van der Waals surface area contributed by atoms with Gasteiger partial charge in [-0.3, -0.25) is 9.59 Å². The lowest BCUT2D eigenvalue weighted by atomic mass is 10.2. The van der Waals surface area contributed by atoms with E-state index in [0.717, 1.165) is 11.3 Å². The molecule has 8 heteroatoms. The molecule has 34 heavy (non-hydrogen) atoms. The third-order valence-corrected chi connectivity index (χ3v) is 5.89. The molecule has 5 rings (SSSR count). The maximum atomic E-state index is 12.8. The van der Waals surface area contributed by atoms with E-state index in [1.54, 1.807) is 64.8 Å². The van der Waals surface area contributed by atoms with Gasteiger partial charge in [0.2, 0.25) is 0 Å². The third kappa shape index (κ3) is 4.77. The van der Waals surface area contributed by atoms with Crippen LogP contribution in [-0.2, 0) is 0 Å². The molecule has 2 heterocycles. The third-order valence-electron chi connectivity index (χ3n) is 5.00. The summed E-state index contributed by atoms with van der Waals surface area (Å²) < 4.78 is 1.77. The number of para-hydroxylation sites is 1. The van der Waals surface area contributed by atoms with Gasteiger partial charge < -0.3 is 10.6 Å². The van der Waals surface area contributed by atoms with E-state index in [0.29, 0.717) is 27.6 Å². The summed E-state index contributed by atoms with van der Waals surface area (Å²) in [6.07, 6.45) is 3.61. The lowest BCUT2D eigenvalue weighted by molar-refractivity contribution is 0.101. The SMILES string of the molecule is O=C(Nc1cccc(NC(=O)c2csc(-c3cnn(-c4ccccc4)c3)n2)c1)c1ccccc1. The molecule has 0 saturated heterocycles. The minimum atomic E-state index is -0.329. The molecular formula is C26H19N5O2S. The molecule has 5 aromatic rings. The zero-order valence-electron chi connectivity index (χ0n) is 17.9. The maximum absolute atomic E-state index is 12.8. The summed E-state index contributed by atoms with van der Waals surface area (Å²) in [6, 6.07) is 25.7. The van der Waals surface area contributed by atoms with Crippen molar-refractivity contribution in [2.75, 3.05) is 10.6 Å². The molecule has 2 N–H and O–H groups in total. The minimum absolute atomic E-state index is 0.218. The number of carbonyl (C=O) groups is 2. The first-order valence-electron chi connectivity index (χ1n) is 10.5. The molecule has 2 amide bonds. The topological polar surface area (TPSA) is 88.9 Å². The second-order valence-electron chi connectivity index (χ2n) is 7.40. The van der Waals surface area contributed by atoms with Gasteiger partial charge in [0, 0.05) is 34.1 Å². The van der Waals surface area contributed by atoms with Gasteiger partial charge in [-0.25, -0.2) is 9.67 Å². The highest BCUT2D eigenvalue weighted by atomic mass is 32.1. The molecule has 0 spiro atoms. The first-order valence-corrected chi connectivity index (χ1v) is 11.4. The quantitative estimate of drug-likeness (QED) is 0.347. The molecule has 0 aliphatic rings. The fourth-order valence-corrected chi connectivity index (χ4v) is 4.10. The van der Waals surface area contributed by atoms with Gasteiger partial charge in [0.15, 0.2) is 0 Å². The van der Waals surface area contributed by atoms with Crippen LogP contribution in [0.5, 0.6) is 0 Å². The summed E-state index contributed by atoms with van der Waals surface area (Å²) >= 11 is 1.38. The van der Waals surface area contributed by atoms with Gasteiger partial charge in [-0.1, -0.05) is 42.5 Å². The van der Waals surface area contributed by atoms with Crippen molar-refractivity contribution >= 4 is 34.5 Å². The van der Waals surface area contributed by atoms with Crippen LogP contribution in [0, 0.1) is 0 Å². The summed E-state index contributed by atoms with van der Waals surface area (Å²) in [5, 5.41) is 12.5. The molecule has 0 aliphatic carbocycles. The van der Waals surface area contributed by atoms with Crippen molar-refractivity contribution in [1.82, 2.24) is 14.8 Å². The Morgan fingerprint density at radius 3 is 2.21 bits per heavy atom. The van der Waals surface area contributed by atoms with Crippen molar-refractivity contribution in [2.45, 2.75) is 0 Å². The summed E-state index contributed by atoms with van der Waals surface area (Å²) in [5.74, 6) is -0.547. The smallest absolute Gasteiger partial charge is 0.275 e. The number of aromatic nitrogens is 3. The lowest BCUT2D eigenvalue weighted by Crippen LogP contribution is -2.14. The monoisotopic (exact) mass is 465 g/mol. The van der Waals surface area contributed by atoms with Crippen molar-refractivity contribution in [3.8, 4) is 16.3 Å². The van der Waals surface area contributed by atoms with Crippen LogP contribution in [0.2, 0.25) is 0 Å². The summed E-state index contributed by atoms with van der Waals surface area (Å²) in [6.45, 7) is 0. The van der Waals surface area contributed by atoms with Gasteiger partial charge in [0.05, 0.1) is 11.9 Å². The number of hydrogen-bond donors (Lipinski definition) is 2. The number of nitrogens with zero attached hydrogens (tertiary/aromatic N) is 3. The molecule has 2 aromatic heterocycles. The summed E-state index contributed by atoms with van der Waals surface area (Å²) in [7, 11) is 0. The highest BCUT2D eigenvalue weighted by Gasteiger charge is 2.14. The number of nitrogens with one attached hydrogen (secondary N) is 2. The Kier molecular flexibility index (Phi) is 5.96. The fraction of sp³-hybridized carbons (Fsp3) is 0. The van der Waals surface area contributed by atoms with Gasteiger partial charge in [0.25, 0.3) is 11.8 Å². The van der Waals surface area contributed by atoms with E-state index in [1.807, 2.05) is 42.6 Å². The maximum Gasteiger partial charge on any atom is 0.275 e. The molecule has 0 fully saturated rings. The Balaban J connectivity index is 1.26. The van der Waals surface area contributed by atoms with Crippen LogP contribution in [0.15, 0.2) is 103 Å². The van der Waals surface area contributed by atoms with E-state index in [9.17, 15) is 9.59 Å². The van der Waals surface area contributed by atoms with E-state index in [4.69, 9.17) is 0 Å². The normalized spacial score (nSPS) is 10.6. The Morgan fingerprint density at radius 2 is 1.47 bits per heavy atom. The standard InChI is InChI=1S/C26H19N5O2S/c32-24(18-8-3-1-4-9-18)28-20-10-7-11-21(14-20)29-25(33)23-17-34-26(30-23)19-15-27-31(16-19)22-12-5-2-6-13-22/h1-17H,(H,28,32)(H,29,33). The van der Waals surface area contributed by atoms with Gasteiger partial charge in [-0.2, -0.15) is 5.10 Å². The first-order chi connectivity index (χ1) is 16.7. The zero-order chi connectivity index (χ0) is 23.3. The Morgan fingerprint density at radius 1 is 0.794 bits per heavy atom. The van der Waals surface area contributed by atoms with Crippen LogP contribution < -0.4 is 10.6 Å². The van der Waals surface area contributed by atoms with Gasteiger partial charge in [-0.05, 0) is 42.5 Å². The number of benzene rings is 3. The predicted octanol–water partition coefficient (Wildman–Crippen LogP) is 5.50. The zero-order valence-corrected chi connectivity index (χ0v) is 18.7. The molecule has 0 unspecified atom stereocenters. The lowest BCUT2D eigenvalue weighted by Gasteiger charge is -2.08. The fourth-order valence-electron chi connectivity index (χ4n) is 3.33. The predicted molar refractivity (Wildman–Crippen MR) is 133 cm³/mol. The molecule has 3 aromatic carbocycles. The molecule has 0 aliphatic heterocycles. The highest BCUT2D eigenvalue weighted by Crippen LogP contribution is 2.25. The van der Waals surface area contributed by atoms with Crippen LogP contribution in [-0.4, -0.2) is 26.6 Å². The molecule has 0 radical (unpaired) electrons. The average molecular weight is 466 g/mol. The molecular weight excluding hydrogens is 446 g/mol. The highest BCUT2D eigenvalue weighted by molar-refractivity contribution is 7.13. The molecule has 166 valence electrons. The second-order valence-corrected chi connectivity index (χ2v) is 8.26. The van der Waals surface area contributed by atoms with E-state index >= 15 is 0 Å². The van der Waals surface area contributed by atoms with Crippen molar-refractivity contribution in [3.05, 3.63) is 114 Å². The summed E-state index contributed by atoms with van der Waals surface area (Å²) in [4.78, 5) is 29.6. The van der Waals surface area contributed by atoms with Crippen LogP contribution in [0.3, 0.4) is 0 Å². The Labute approximate surface area is 199 Å².